The van der Waals surface area contributed by atoms with Crippen molar-refractivity contribution in [3.8, 4) is 11.1 Å². The summed E-state index contributed by atoms with van der Waals surface area (Å²) in [5.41, 5.74) is 3.75. The van der Waals surface area contributed by atoms with Crippen molar-refractivity contribution >= 4 is 22.8 Å². The van der Waals surface area contributed by atoms with Crippen molar-refractivity contribution in [1.82, 2.24) is 14.8 Å². The van der Waals surface area contributed by atoms with E-state index in [4.69, 9.17) is 4.42 Å². The van der Waals surface area contributed by atoms with E-state index in [1.807, 2.05) is 72.5 Å². The molecule has 1 aliphatic rings. The summed E-state index contributed by atoms with van der Waals surface area (Å²) in [6, 6.07) is 20.6. The zero-order valence-corrected chi connectivity index (χ0v) is 18.5. The summed E-state index contributed by atoms with van der Waals surface area (Å²) in [5, 5.41) is 0.874. The summed E-state index contributed by atoms with van der Waals surface area (Å²) in [7, 11) is 0. The molecule has 2 aromatic heterocycles. The van der Waals surface area contributed by atoms with Crippen molar-refractivity contribution in [2.75, 3.05) is 19.6 Å². The smallest absolute Gasteiger partial charge is 0.290 e. The fourth-order valence-corrected chi connectivity index (χ4v) is 4.54. The van der Waals surface area contributed by atoms with Gasteiger partial charge in [0.05, 0.1) is 0 Å². The second-order valence-electron chi connectivity index (χ2n) is 8.18. The standard InChI is InChI=1S/C27H25N3O3/c1-2-29-15-16-30(27(32)25-18-21-8-4-6-10-24(21)33-25)23(26(29)31)17-20-7-3-5-9-22(20)19-11-13-28-14-12-19/h3-14,18,23H,2,15-17H2,1H3/t23-/m0/s1. The molecule has 0 aliphatic carbocycles. The maximum absolute atomic E-state index is 13.5. The summed E-state index contributed by atoms with van der Waals surface area (Å²) in [6.45, 7) is 3.58. The SMILES string of the molecule is CCN1CCN(C(=O)c2cc3ccccc3o2)[C@@H](Cc2ccccc2-c2ccncc2)C1=O. The van der Waals surface area contributed by atoms with Crippen molar-refractivity contribution in [2.24, 2.45) is 0 Å². The van der Waals surface area contributed by atoms with Crippen LogP contribution < -0.4 is 0 Å². The molecule has 1 fully saturated rings. The van der Waals surface area contributed by atoms with Crippen LogP contribution in [0.1, 0.15) is 23.0 Å². The molecule has 2 aromatic carbocycles. The maximum atomic E-state index is 13.5. The predicted molar refractivity (Wildman–Crippen MR) is 127 cm³/mol. The largest absolute Gasteiger partial charge is 0.451 e. The Bertz CT molecular complexity index is 1270. The molecule has 4 aromatic rings. The lowest BCUT2D eigenvalue weighted by Crippen LogP contribution is -2.59. The first-order valence-electron chi connectivity index (χ1n) is 11.2. The summed E-state index contributed by atoms with van der Waals surface area (Å²) in [4.78, 5) is 34.5. The first kappa shape index (κ1) is 20.9. The van der Waals surface area contributed by atoms with E-state index in [0.29, 0.717) is 31.6 Å². The minimum Gasteiger partial charge on any atom is -0.451 e. The molecule has 166 valence electrons. The first-order valence-corrected chi connectivity index (χ1v) is 11.2. The Labute approximate surface area is 192 Å². The van der Waals surface area contributed by atoms with Crippen LogP contribution in [-0.2, 0) is 11.2 Å². The number of piperazine rings is 1. The van der Waals surface area contributed by atoms with E-state index in [9.17, 15) is 9.59 Å². The lowest BCUT2D eigenvalue weighted by molar-refractivity contribution is -0.139. The molecular formula is C27H25N3O3. The molecule has 1 aliphatic heterocycles. The summed E-state index contributed by atoms with van der Waals surface area (Å²) < 4.78 is 5.84. The number of pyridine rings is 1. The van der Waals surface area contributed by atoms with Crippen molar-refractivity contribution < 1.29 is 14.0 Å². The molecule has 0 unspecified atom stereocenters. The minimum absolute atomic E-state index is 0.0299. The second-order valence-corrected chi connectivity index (χ2v) is 8.18. The van der Waals surface area contributed by atoms with E-state index in [1.54, 1.807) is 23.4 Å². The average Bonchev–Trinajstić information content (AvgIpc) is 3.30. The molecule has 0 saturated carbocycles. The Balaban J connectivity index is 1.50. The number of likely N-dealkylation sites (N-methyl/N-ethyl adjacent to an activating group) is 1. The number of aromatic nitrogens is 1. The third-order valence-corrected chi connectivity index (χ3v) is 6.28. The van der Waals surface area contributed by atoms with Crippen LogP contribution in [0.2, 0.25) is 0 Å². The third kappa shape index (κ3) is 4.00. The van der Waals surface area contributed by atoms with Gasteiger partial charge in [-0.3, -0.25) is 14.6 Å². The number of carbonyl (C=O) groups is 2. The Morgan fingerprint density at radius 1 is 1.03 bits per heavy atom. The van der Waals surface area contributed by atoms with Crippen LogP contribution in [0.25, 0.3) is 22.1 Å². The minimum atomic E-state index is -0.595. The normalized spacial score (nSPS) is 16.4. The van der Waals surface area contributed by atoms with E-state index in [-0.39, 0.29) is 17.6 Å². The second kappa shape index (κ2) is 8.90. The molecule has 0 bridgehead atoms. The Morgan fingerprint density at radius 2 is 1.79 bits per heavy atom. The van der Waals surface area contributed by atoms with Crippen molar-refractivity contribution in [2.45, 2.75) is 19.4 Å². The molecule has 0 N–H and O–H groups in total. The van der Waals surface area contributed by atoms with E-state index >= 15 is 0 Å². The van der Waals surface area contributed by atoms with Crippen LogP contribution in [0, 0.1) is 0 Å². The number of benzene rings is 2. The molecule has 1 atom stereocenters. The van der Waals surface area contributed by atoms with Gasteiger partial charge in [0, 0.05) is 43.8 Å². The zero-order valence-electron chi connectivity index (χ0n) is 18.5. The summed E-state index contributed by atoms with van der Waals surface area (Å²) in [5.74, 6) is -0.0131. The number of fused-ring (bicyclic) bond motifs is 1. The van der Waals surface area contributed by atoms with Gasteiger partial charge >= 0.3 is 0 Å². The summed E-state index contributed by atoms with van der Waals surface area (Å²) in [6.07, 6.45) is 3.95. The van der Waals surface area contributed by atoms with Gasteiger partial charge in [0.15, 0.2) is 5.76 Å². The van der Waals surface area contributed by atoms with Crippen molar-refractivity contribution in [3.05, 3.63) is 90.4 Å². The van der Waals surface area contributed by atoms with Crippen LogP contribution in [-0.4, -0.2) is 52.3 Å². The van der Waals surface area contributed by atoms with Gasteiger partial charge < -0.3 is 14.2 Å². The van der Waals surface area contributed by atoms with Crippen LogP contribution in [0.3, 0.4) is 0 Å². The van der Waals surface area contributed by atoms with Crippen LogP contribution >= 0.6 is 0 Å². The highest BCUT2D eigenvalue weighted by Crippen LogP contribution is 2.28. The summed E-state index contributed by atoms with van der Waals surface area (Å²) >= 11 is 0. The highest BCUT2D eigenvalue weighted by Gasteiger charge is 2.38. The fraction of sp³-hybridized carbons (Fsp3) is 0.222. The molecule has 0 spiro atoms. The van der Waals surface area contributed by atoms with Crippen molar-refractivity contribution in [1.29, 1.82) is 0 Å². The van der Waals surface area contributed by atoms with Gasteiger partial charge in [-0.1, -0.05) is 42.5 Å². The van der Waals surface area contributed by atoms with Crippen molar-refractivity contribution in [3.63, 3.8) is 0 Å². The number of hydrogen-bond acceptors (Lipinski definition) is 4. The molecule has 6 nitrogen and oxygen atoms in total. The van der Waals surface area contributed by atoms with Gasteiger partial charge in [0.1, 0.15) is 11.6 Å². The highest BCUT2D eigenvalue weighted by molar-refractivity contribution is 5.99. The molecule has 2 amide bonds. The van der Waals surface area contributed by atoms with E-state index in [1.165, 1.54) is 0 Å². The van der Waals surface area contributed by atoms with Gasteiger partial charge in [0.2, 0.25) is 5.91 Å². The molecular weight excluding hydrogens is 414 g/mol. The van der Waals surface area contributed by atoms with Gasteiger partial charge in [-0.15, -0.1) is 0 Å². The topological polar surface area (TPSA) is 66.7 Å². The molecule has 3 heterocycles. The first-order chi connectivity index (χ1) is 16.2. The number of furan rings is 1. The van der Waals surface area contributed by atoms with Crippen LogP contribution in [0.15, 0.2) is 83.5 Å². The Morgan fingerprint density at radius 3 is 2.58 bits per heavy atom. The number of hydrogen-bond donors (Lipinski definition) is 0. The zero-order chi connectivity index (χ0) is 22.8. The number of para-hydroxylation sites is 1. The fourth-order valence-electron chi connectivity index (χ4n) is 4.54. The quantitative estimate of drug-likeness (QED) is 0.462. The lowest BCUT2D eigenvalue weighted by Gasteiger charge is -2.40. The number of rotatable bonds is 5. The number of carbonyl (C=O) groups excluding carboxylic acids is 2. The Hall–Kier alpha value is -3.93. The van der Waals surface area contributed by atoms with E-state index in [2.05, 4.69) is 4.98 Å². The Kier molecular flexibility index (Phi) is 5.65. The lowest BCUT2D eigenvalue weighted by atomic mass is 9.93. The third-order valence-electron chi connectivity index (χ3n) is 6.28. The average molecular weight is 440 g/mol. The molecule has 6 heteroatoms. The van der Waals surface area contributed by atoms with E-state index < -0.39 is 6.04 Å². The monoisotopic (exact) mass is 439 g/mol. The van der Waals surface area contributed by atoms with E-state index in [0.717, 1.165) is 22.1 Å². The molecule has 33 heavy (non-hydrogen) atoms. The maximum Gasteiger partial charge on any atom is 0.290 e. The van der Waals surface area contributed by atoms with Gasteiger partial charge in [-0.2, -0.15) is 0 Å². The molecule has 1 saturated heterocycles. The number of nitrogens with zero attached hydrogens (tertiary/aromatic N) is 3. The number of amides is 2. The predicted octanol–water partition coefficient (Wildman–Crippen LogP) is 4.41. The highest BCUT2D eigenvalue weighted by atomic mass is 16.3. The van der Waals surface area contributed by atoms with Gasteiger partial charge in [0.25, 0.3) is 5.91 Å². The van der Waals surface area contributed by atoms with Gasteiger partial charge in [-0.25, -0.2) is 0 Å². The molecule has 0 radical (unpaired) electrons. The molecule has 5 rings (SSSR count). The van der Waals surface area contributed by atoms with Crippen LogP contribution in [0.5, 0.6) is 0 Å². The van der Waals surface area contributed by atoms with Gasteiger partial charge in [-0.05, 0) is 47.9 Å². The van der Waals surface area contributed by atoms with Crippen LogP contribution in [0.4, 0.5) is 0 Å².